The molecule has 0 unspecified atom stereocenters. The molecule has 4 nitrogen and oxygen atoms in total. The zero-order valence-corrected chi connectivity index (χ0v) is 20.1. The molecule has 0 saturated carbocycles. The van der Waals surface area contributed by atoms with Gasteiger partial charge in [-0.3, -0.25) is 4.79 Å². The third-order valence-electron chi connectivity index (χ3n) is 5.32. The summed E-state index contributed by atoms with van der Waals surface area (Å²) in [7, 11) is 0. The summed E-state index contributed by atoms with van der Waals surface area (Å²) < 4.78 is 0. The van der Waals surface area contributed by atoms with E-state index in [-0.39, 0.29) is 11.5 Å². The molecule has 178 valence electrons. The summed E-state index contributed by atoms with van der Waals surface area (Å²) >= 11 is 0. The van der Waals surface area contributed by atoms with Crippen molar-refractivity contribution in [1.82, 2.24) is 0 Å². The predicted octanol–water partition coefficient (Wildman–Crippen LogP) is 8.33. The summed E-state index contributed by atoms with van der Waals surface area (Å²) in [6, 6.07) is 4.89. The van der Waals surface area contributed by atoms with Crippen LogP contribution in [0.1, 0.15) is 122 Å². The first kappa shape index (κ1) is 29.0. The number of carbonyl (C=O) groups is 1. The number of phenols is 2. The molecular weight excluding hydrogens is 388 g/mol. The number of benzene rings is 1. The van der Waals surface area contributed by atoms with Gasteiger partial charge < -0.3 is 15.3 Å². The number of carboxylic acids is 1. The second kappa shape index (κ2) is 20.0. The Morgan fingerprint density at radius 1 is 0.806 bits per heavy atom. The quantitative estimate of drug-likeness (QED) is 0.139. The lowest BCUT2D eigenvalue weighted by Crippen LogP contribution is -1.93. The summed E-state index contributed by atoms with van der Waals surface area (Å²) in [6.45, 7) is 6.33. The molecule has 0 atom stereocenters. The number of aliphatic carboxylic acids is 1. The van der Waals surface area contributed by atoms with Crippen molar-refractivity contribution in [2.24, 2.45) is 0 Å². The molecular formula is C27H46O4. The molecule has 1 aromatic carbocycles. The maximum Gasteiger partial charge on any atom is 0.303 e. The van der Waals surface area contributed by atoms with Crippen LogP contribution in [0, 0.1) is 0 Å². The summed E-state index contributed by atoms with van der Waals surface area (Å²) in [5.41, 5.74) is 1.03. The fourth-order valence-electron chi connectivity index (χ4n) is 3.25. The smallest absolute Gasteiger partial charge is 0.303 e. The molecule has 0 aliphatic heterocycles. The Morgan fingerprint density at radius 3 is 1.81 bits per heavy atom. The van der Waals surface area contributed by atoms with Crippen LogP contribution >= 0.6 is 0 Å². The molecule has 0 saturated heterocycles. The highest BCUT2D eigenvalue weighted by Crippen LogP contribution is 2.27. The molecule has 0 radical (unpaired) electrons. The number of rotatable bonds is 16. The molecule has 1 rings (SSSR count). The van der Waals surface area contributed by atoms with Crippen molar-refractivity contribution in [3.8, 4) is 11.5 Å². The number of hydrogen-bond acceptors (Lipinski definition) is 3. The third kappa shape index (κ3) is 18.5. The van der Waals surface area contributed by atoms with Gasteiger partial charge >= 0.3 is 5.97 Å². The Bertz CT molecular complexity index is 593. The first-order valence-corrected chi connectivity index (χ1v) is 12.3. The minimum Gasteiger partial charge on any atom is -0.504 e. The highest BCUT2D eigenvalue weighted by Gasteiger charge is 2.02. The van der Waals surface area contributed by atoms with E-state index in [0.29, 0.717) is 12.3 Å². The van der Waals surface area contributed by atoms with Gasteiger partial charge in [-0.1, -0.05) is 90.4 Å². The van der Waals surface area contributed by atoms with Crippen molar-refractivity contribution in [3.05, 3.63) is 35.9 Å². The molecule has 0 aliphatic carbocycles. The zero-order valence-electron chi connectivity index (χ0n) is 20.1. The van der Waals surface area contributed by atoms with Gasteiger partial charge in [0, 0.05) is 6.42 Å². The van der Waals surface area contributed by atoms with Gasteiger partial charge in [-0.15, -0.1) is 0 Å². The summed E-state index contributed by atoms with van der Waals surface area (Å²) in [6.07, 6.45) is 21.2. The van der Waals surface area contributed by atoms with Crippen LogP contribution in [0.3, 0.4) is 0 Å². The van der Waals surface area contributed by atoms with Gasteiger partial charge in [-0.25, -0.2) is 0 Å². The second-order valence-corrected chi connectivity index (χ2v) is 8.63. The normalized spacial score (nSPS) is 11.0. The molecule has 31 heavy (non-hydrogen) atoms. The van der Waals surface area contributed by atoms with Crippen molar-refractivity contribution in [3.63, 3.8) is 0 Å². The number of allylic oxidation sites excluding steroid dienone is 2. The van der Waals surface area contributed by atoms with Crippen LogP contribution in [0.2, 0.25) is 0 Å². The molecule has 0 amide bonds. The summed E-state index contributed by atoms with van der Waals surface area (Å²) in [4.78, 5) is 10.3. The number of hydrogen-bond donors (Lipinski definition) is 3. The van der Waals surface area contributed by atoms with Gasteiger partial charge in [0.1, 0.15) is 0 Å². The minimum absolute atomic E-state index is 0.0452. The molecule has 0 bridgehead atoms. The lowest BCUT2D eigenvalue weighted by molar-refractivity contribution is -0.137. The highest BCUT2D eigenvalue weighted by molar-refractivity contribution is 5.66. The van der Waals surface area contributed by atoms with Crippen LogP contribution in [-0.4, -0.2) is 21.3 Å². The standard InChI is InChI=1S/C18H34O2.C9H12O2/c1-2-3-4-5-6-7-8-9-10-11-12-13-14-15-16-17-18(19)20;1-6(2)7-3-4-8(10)9(11)5-7/h9-10H,2-8,11-17H2,1H3,(H,19,20);3-6,10-11H,1-2H3/b10-9-;. The average molecular weight is 435 g/mol. The van der Waals surface area contributed by atoms with Crippen LogP contribution < -0.4 is 0 Å². The van der Waals surface area contributed by atoms with E-state index < -0.39 is 5.97 Å². The SMILES string of the molecule is CC(C)c1ccc(O)c(O)c1.CCCCCCCC/C=C\CCCCCCCC(=O)O. The maximum atomic E-state index is 10.3. The van der Waals surface area contributed by atoms with E-state index in [0.717, 1.165) is 18.4 Å². The number of phenolic OH excluding ortho intramolecular Hbond substituents is 2. The van der Waals surface area contributed by atoms with Gasteiger partial charge in [-0.2, -0.15) is 0 Å². The number of aromatic hydroxyl groups is 2. The molecule has 0 aromatic heterocycles. The molecule has 4 heteroatoms. The lowest BCUT2D eigenvalue weighted by atomic mass is 10.0. The summed E-state index contributed by atoms with van der Waals surface area (Å²) in [5, 5.41) is 26.6. The van der Waals surface area contributed by atoms with Crippen LogP contribution in [0.5, 0.6) is 11.5 Å². The Hall–Kier alpha value is -1.97. The van der Waals surface area contributed by atoms with Crippen molar-refractivity contribution >= 4 is 5.97 Å². The third-order valence-corrected chi connectivity index (χ3v) is 5.32. The van der Waals surface area contributed by atoms with Gasteiger partial charge in [-0.05, 0) is 55.7 Å². The van der Waals surface area contributed by atoms with Crippen molar-refractivity contribution in [2.45, 2.75) is 117 Å². The van der Waals surface area contributed by atoms with E-state index in [1.807, 2.05) is 13.8 Å². The molecule has 1 aromatic rings. The van der Waals surface area contributed by atoms with E-state index in [4.69, 9.17) is 15.3 Å². The van der Waals surface area contributed by atoms with Gasteiger partial charge in [0.15, 0.2) is 11.5 Å². The van der Waals surface area contributed by atoms with Crippen molar-refractivity contribution in [2.75, 3.05) is 0 Å². The maximum absolute atomic E-state index is 10.3. The zero-order chi connectivity index (χ0) is 23.3. The average Bonchev–Trinajstić information content (AvgIpc) is 2.73. The van der Waals surface area contributed by atoms with Crippen LogP contribution in [0.25, 0.3) is 0 Å². The van der Waals surface area contributed by atoms with E-state index in [1.165, 1.54) is 76.7 Å². The fraction of sp³-hybridized carbons (Fsp3) is 0.667. The molecule has 0 aliphatic rings. The minimum atomic E-state index is -0.664. The molecule has 3 N–H and O–H groups in total. The number of unbranched alkanes of at least 4 members (excludes halogenated alkanes) is 11. The van der Waals surface area contributed by atoms with Crippen molar-refractivity contribution < 1.29 is 20.1 Å². The Balaban J connectivity index is 0.000000683. The van der Waals surface area contributed by atoms with E-state index >= 15 is 0 Å². The number of carboxylic acid groups (broad SMARTS) is 1. The van der Waals surface area contributed by atoms with Crippen LogP contribution in [-0.2, 0) is 4.79 Å². The Labute approximate surface area is 190 Å². The fourth-order valence-corrected chi connectivity index (χ4v) is 3.25. The van der Waals surface area contributed by atoms with Gasteiger partial charge in [0.25, 0.3) is 0 Å². The Morgan fingerprint density at radius 2 is 1.32 bits per heavy atom. The summed E-state index contributed by atoms with van der Waals surface area (Å²) in [5.74, 6) is -0.394. The van der Waals surface area contributed by atoms with E-state index in [1.54, 1.807) is 12.1 Å². The Kier molecular flexibility index (Phi) is 18.7. The van der Waals surface area contributed by atoms with E-state index in [2.05, 4.69) is 19.1 Å². The first-order valence-electron chi connectivity index (χ1n) is 12.3. The van der Waals surface area contributed by atoms with E-state index in [9.17, 15) is 4.79 Å². The second-order valence-electron chi connectivity index (χ2n) is 8.63. The van der Waals surface area contributed by atoms with Crippen molar-refractivity contribution in [1.29, 1.82) is 0 Å². The molecule has 0 heterocycles. The van der Waals surface area contributed by atoms with Gasteiger partial charge in [0.05, 0.1) is 0 Å². The molecule has 0 spiro atoms. The van der Waals surface area contributed by atoms with Crippen LogP contribution in [0.15, 0.2) is 30.4 Å². The molecule has 0 fully saturated rings. The van der Waals surface area contributed by atoms with Gasteiger partial charge in [0.2, 0.25) is 0 Å². The predicted molar refractivity (Wildman–Crippen MR) is 131 cm³/mol. The lowest BCUT2D eigenvalue weighted by Gasteiger charge is -2.05. The largest absolute Gasteiger partial charge is 0.504 e. The monoisotopic (exact) mass is 434 g/mol. The van der Waals surface area contributed by atoms with Crippen LogP contribution in [0.4, 0.5) is 0 Å². The topological polar surface area (TPSA) is 77.8 Å². The highest BCUT2D eigenvalue weighted by atomic mass is 16.4. The first-order chi connectivity index (χ1) is 14.9.